The SMILES string of the molecule is C=C(C)C(=O)OCCCCCCCCCCOc1ccc(/N=N/c2ccc3c4c(cccc24)NC(C)(C(C)(C)C(C)(C)C)N3)cc1. The first-order chi connectivity index (χ1) is 21.8. The zero-order chi connectivity index (χ0) is 33.4. The number of anilines is 2. The van der Waals surface area contributed by atoms with Gasteiger partial charge in [-0.05, 0) is 74.6 Å². The van der Waals surface area contributed by atoms with Crippen LogP contribution in [0, 0.1) is 10.8 Å². The molecular weight excluding hydrogens is 572 g/mol. The number of esters is 1. The van der Waals surface area contributed by atoms with E-state index in [0.29, 0.717) is 18.8 Å². The maximum Gasteiger partial charge on any atom is 0.333 e. The quantitative estimate of drug-likeness (QED) is 0.0715. The summed E-state index contributed by atoms with van der Waals surface area (Å²) < 4.78 is 11.1. The molecule has 0 amide bonds. The molecule has 0 bridgehead atoms. The molecule has 0 aliphatic carbocycles. The lowest BCUT2D eigenvalue weighted by atomic mass is 9.61. The van der Waals surface area contributed by atoms with E-state index in [0.717, 1.165) is 65.0 Å². The first kappa shape index (κ1) is 35.0. The Kier molecular flexibility index (Phi) is 11.5. The molecule has 248 valence electrons. The molecule has 7 heteroatoms. The van der Waals surface area contributed by atoms with Crippen LogP contribution in [-0.4, -0.2) is 24.8 Å². The van der Waals surface area contributed by atoms with Gasteiger partial charge >= 0.3 is 5.97 Å². The van der Waals surface area contributed by atoms with Crippen molar-refractivity contribution in [2.45, 2.75) is 105 Å². The predicted octanol–water partition coefficient (Wildman–Crippen LogP) is 11.5. The van der Waals surface area contributed by atoms with E-state index < -0.39 is 0 Å². The number of nitrogens with one attached hydrogen (secondary N) is 2. The fourth-order valence-corrected chi connectivity index (χ4v) is 5.78. The molecule has 0 saturated heterocycles. The van der Waals surface area contributed by atoms with Crippen molar-refractivity contribution in [1.29, 1.82) is 0 Å². The van der Waals surface area contributed by atoms with Gasteiger partial charge in [0.25, 0.3) is 0 Å². The van der Waals surface area contributed by atoms with Gasteiger partial charge < -0.3 is 20.1 Å². The molecule has 0 spiro atoms. The van der Waals surface area contributed by atoms with Crippen molar-refractivity contribution in [3.8, 4) is 5.75 Å². The highest BCUT2D eigenvalue weighted by molar-refractivity contribution is 6.09. The van der Waals surface area contributed by atoms with Crippen LogP contribution in [0.25, 0.3) is 10.8 Å². The second-order valence-corrected chi connectivity index (χ2v) is 14.4. The van der Waals surface area contributed by atoms with Crippen molar-refractivity contribution in [2.24, 2.45) is 21.1 Å². The molecule has 1 aliphatic heterocycles. The topological polar surface area (TPSA) is 84.3 Å². The maximum atomic E-state index is 11.4. The first-order valence-corrected chi connectivity index (χ1v) is 16.9. The molecule has 0 fully saturated rings. The van der Waals surface area contributed by atoms with Gasteiger partial charge in [0.05, 0.1) is 24.6 Å². The fraction of sp³-hybridized carbons (Fsp3) is 0.513. The number of hydrogen-bond donors (Lipinski definition) is 2. The number of carbonyl (C=O) groups excluding carboxylic acids is 1. The Morgan fingerprint density at radius 1 is 0.783 bits per heavy atom. The van der Waals surface area contributed by atoms with E-state index in [1.54, 1.807) is 6.92 Å². The molecule has 3 aromatic rings. The Labute approximate surface area is 276 Å². The molecule has 1 unspecified atom stereocenters. The monoisotopic (exact) mass is 626 g/mol. The molecule has 7 nitrogen and oxygen atoms in total. The number of carbonyl (C=O) groups is 1. The van der Waals surface area contributed by atoms with E-state index in [2.05, 4.69) is 99.3 Å². The highest BCUT2D eigenvalue weighted by Crippen LogP contribution is 2.52. The van der Waals surface area contributed by atoms with E-state index in [1.807, 2.05) is 24.3 Å². The maximum absolute atomic E-state index is 11.4. The third kappa shape index (κ3) is 8.48. The van der Waals surface area contributed by atoms with Crippen LogP contribution in [0.2, 0.25) is 0 Å². The molecule has 3 aromatic carbocycles. The Bertz CT molecular complexity index is 1510. The van der Waals surface area contributed by atoms with Gasteiger partial charge in [0.1, 0.15) is 11.4 Å². The fourth-order valence-electron chi connectivity index (χ4n) is 5.78. The van der Waals surface area contributed by atoms with Crippen LogP contribution >= 0.6 is 0 Å². The van der Waals surface area contributed by atoms with Gasteiger partial charge in [-0.1, -0.05) is 91.9 Å². The van der Waals surface area contributed by atoms with E-state index in [9.17, 15) is 4.79 Å². The van der Waals surface area contributed by atoms with E-state index in [-0.39, 0.29) is 22.5 Å². The number of azo groups is 1. The van der Waals surface area contributed by atoms with Gasteiger partial charge in [0, 0.05) is 33.1 Å². The zero-order valence-electron chi connectivity index (χ0n) is 29.1. The molecule has 0 aromatic heterocycles. The van der Waals surface area contributed by atoms with Crippen molar-refractivity contribution >= 4 is 39.5 Å². The minimum Gasteiger partial charge on any atom is -0.494 e. The van der Waals surface area contributed by atoms with Gasteiger partial charge in [-0.15, -0.1) is 5.11 Å². The van der Waals surface area contributed by atoms with Crippen molar-refractivity contribution in [1.82, 2.24) is 0 Å². The van der Waals surface area contributed by atoms with Crippen LogP contribution in [-0.2, 0) is 9.53 Å². The Morgan fingerprint density at radius 2 is 1.37 bits per heavy atom. The third-order valence-corrected chi connectivity index (χ3v) is 9.91. The molecule has 1 heterocycles. The van der Waals surface area contributed by atoms with Crippen molar-refractivity contribution in [2.75, 3.05) is 23.8 Å². The Morgan fingerprint density at radius 3 is 1.98 bits per heavy atom. The summed E-state index contributed by atoms with van der Waals surface area (Å²) in [7, 11) is 0. The Balaban J connectivity index is 1.21. The summed E-state index contributed by atoms with van der Waals surface area (Å²) in [6.45, 7) is 20.2. The summed E-state index contributed by atoms with van der Waals surface area (Å²) in [6, 6.07) is 18.4. The van der Waals surface area contributed by atoms with Crippen LogP contribution in [0.3, 0.4) is 0 Å². The number of ether oxygens (including phenoxy) is 2. The summed E-state index contributed by atoms with van der Waals surface area (Å²) in [5.41, 5.74) is 4.01. The van der Waals surface area contributed by atoms with Crippen molar-refractivity contribution in [3.63, 3.8) is 0 Å². The highest BCUT2D eigenvalue weighted by Gasteiger charge is 2.50. The van der Waals surface area contributed by atoms with Crippen molar-refractivity contribution in [3.05, 3.63) is 66.7 Å². The minimum atomic E-state index is -0.328. The minimum absolute atomic E-state index is 0.0547. The number of rotatable bonds is 16. The van der Waals surface area contributed by atoms with Crippen LogP contribution in [0.4, 0.5) is 22.7 Å². The lowest BCUT2D eigenvalue weighted by Crippen LogP contribution is -2.60. The standard InChI is InChI=1S/C39H54N4O3/c1-28(2)36(44)46-27-16-14-12-10-9-11-13-15-26-45-30-22-20-29(21-23-30)42-43-32-24-25-34-35-31(32)18-17-19-33(35)40-39(8,41-34)38(6,7)37(3,4)5/h17-25,40-41H,1,9-16,26-27H2,2-8H3/b43-42+. The summed E-state index contributed by atoms with van der Waals surface area (Å²) in [4.78, 5) is 11.4. The smallest absolute Gasteiger partial charge is 0.333 e. The second-order valence-electron chi connectivity index (χ2n) is 14.4. The molecule has 0 radical (unpaired) electrons. The molecular formula is C39H54N4O3. The molecule has 4 rings (SSSR count). The average Bonchev–Trinajstić information content (AvgIpc) is 3.01. The molecule has 1 aliphatic rings. The third-order valence-electron chi connectivity index (χ3n) is 9.91. The second kappa shape index (κ2) is 15.1. The lowest BCUT2D eigenvalue weighted by Gasteiger charge is -2.55. The summed E-state index contributed by atoms with van der Waals surface area (Å²) in [5, 5.41) is 19.1. The highest BCUT2D eigenvalue weighted by atomic mass is 16.5. The number of unbranched alkanes of at least 4 members (excludes halogenated alkanes) is 7. The average molecular weight is 627 g/mol. The normalized spacial score (nSPS) is 16.2. The predicted molar refractivity (Wildman–Crippen MR) is 192 cm³/mol. The van der Waals surface area contributed by atoms with Crippen molar-refractivity contribution < 1.29 is 14.3 Å². The summed E-state index contributed by atoms with van der Waals surface area (Å²) >= 11 is 0. The van der Waals surface area contributed by atoms with Gasteiger partial charge in [0.15, 0.2) is 0 Å². The molecule has 1 atom stereocenters. The molecule has 0 saturated carbocycles. The number of hydrogen-bond acceptors (Lipinski definition) is 7. The van der Waals surface area contributed by atoms with Crippen LogP contribution in [0.15, 0.2) is 77.0 Å². The van der Waals surface area contributed by atoms with Crippen LogP contribution < -0.4 is 15.4 Å². The summed E-state index contributed by atoms with van der Waals surface area (Å²) in [6.07, 6.45) is 9.06. The zero-order valence-corrected chi connectivity index (χ0v) is 29.1. The van der Waals surface area contributed by atoms with E-state index in [1.165, 1.54) is 25.7 Å². The largest absolute Gasteiger partial charge is 0.494 e. The number of benzene rings is 3. The molecule has 2 N–H and O–H groups in total. The van der Waals surface area contributed by atoms with Gasteiger partial charge in [-0.2, -0.15) is 5.11 Å². The molecule has 46 heavy (non-hydrogen) atoms. The van der Waals surface area contributed by atoms with Gasteiger partial charge in [-0.25, -0.2) is 4.79 Å². The van der Waals surface area contributed by atoms with Gasteiger partial charge in [0.2, 0.25) is 0 Å². The Hall–Kier alpha value is -3.87. The van der Waals surface area contributed by atoms with Crippen LogP contribution in [0.1, 0.15) is 99.8 Å². The van der Waals surface area contributed by atoms with Gasteiger partial charge in [-0.3, -0.25) is 0 Å². The van der Waals surface area contributed by atoms with E-state index in [4.69, 9.17) is 9.47 Å². The lowest BCUT2D eigenvalue weighted by molar-refractivity contribution is -0.139. The summed E-state index contributed by atoms with van der Waals surface area (Å²) in [5.74, 6) is 0.564. The van der Waals surface area contributed by atoms with Crippen LogP contribution in [0.5, 0.6) is 5.75 Å². The first-order valence-electron chi connectivity index (χ1n) is 16.9. The number of nitrogens with zero attached hydrogens (tertiary/aromatic N) is 2. The van der Waals surface area contributed by atoms with E-state index >= 15 is 0 Å².